The molecule has 1 aliphatic heterocycles. The number of hydrogen-bond donors (Lipinski definition) is 2. The van der Waals surface area contributed by atoms with Crippen LogP contribution in [0.15, 0.2) is 24.3 Å². The van der Waals surface area contributed by atoms with Crippen LogP contribution in [0.2, 0.25) is 0 Å². The zero-order valence-corrected chi connectivity index (χ0v) is 18.9. The molecule has 0 aliphatic carbocycles. The molecule has 1 fully saturated rings. The molecule has 8 nitrogen and oxygen atoms in total. The van der Waals surface area contributed by atoms with E-state index >= 15 is 0 Å². The van der Waals surface area contributed by atoms with Gasteiger partial charge in [0.15, 0.2) is 23.0 Å². The first kappa shape index (κ1) is 22.8. The van der Waals surface area contributed by atoms with Gasteiger partial charge >= 0.3 is 0 Å². The molecule has 0 amide bonds. The van der Waals surface area contributed by atoms with Crippen molar-refractivity contribution in [3.63, 3.8) is 0 Å². The van der Waals surface area contributed by atoms with Crippen LogP contribution >= 0.6 is 0 Å². The summed E-state index contributed by atoms with van der Waals surface area (Å²) in [5.74, 6) is 2.75. The molecule has 8 heteroatoms. The van der Waals surface area contributed by atoms with Gasteiger partial charge in [0.05, 0.1) is 42.7 Å². The van der Waals surface area contributed by atoms with E-state index in [1.54, 1.807) is 66.9 Å². The highest BCUT2D eigenvalue weighted by molar-refractivity contribution is 5.60. The molecule has 1 aliphatic rings. The molecule has 2 N–H and O–H groups in total. The highest BCUT2D eigenvalue weighted by Gasteiger charge is 2.44. The van der Waals surface area contributed by atoms with Crippen LogP contribution < -0.4 is 33.7 Å². The lowest BCUT2D eigenvalue weighted by molar-refractivity contribution is 0.0432. The average Bonchev–Trinajstić information content (AvgIpc) is 3.36. The van der Waals surface area contributed by atoms with Gasteiger partial charge in [0.2, 0.25) is 11.5 Å². The van der Waals surface area contributed by atoms with Gasteiger partial charge in [-0.25, -0.2) is 0 Å². The smallest absolute Gasteiger partial charge is 0.203 e. The van der Waals surface area contributed by atoms with Crippen LogP contribution in [0.25, 0.3) is 0 Å². The summed E-state index contributed by atoms with van der Waals surface area (Å²) in [7, 11) is 9.29. The van der Waals surface area contributed by atoms with Gasteiger partial charge in [-0.05, 0) is 54.8 Å². The van der Waals surface area contributed by atoms with Crippen molar-refractivity contribution in [1.29, 1.82) is 0 Å². The normalized spacial score (nSPS) is 16.0. The number of rotatable bonds is 9. The summed E-state index contributed by atoms with van der Waals surface area (Å²) in [6, 6.07) is 6.82. The lowest BCUT2D eigenvalue weighted by Gasteiger charge is -2.36. The number of hydrogen-bond acceptors (Lipinski definition) is 8. The van der Waals surface area contributed by atoms with Crippen LogP contribution in [0, 0.1) is 0 Å². The Labute approximate surface area is 183 Å². The molecule has 1 saturated heterocycles. The lowest BCUT2D eigenvalue weighted by atomic mass is 9.79. The van der Waals surface area contributed by atoms with Gasteiger partial charge in [-0.3, -0.25) is 0 Å². The number of ether oxygens (including phenoxy) is 6. The molecule has 0 unspecified atom stereocenters. The van der Waals surface area contributed by atoms with Gasteiger partial charge < -0.3 is 38.8 Å². The van der Waals surface area contributed by atoms with E-state index in [4.69, 9.17) is 28.4 Å². The van der Waals surface area contributed by atoms with Crippen LogP contribution in [0.5, 0.6) is 34.5 Å². The Morgan fingerprint density at radius 3 is 1.35 bits per heavy atom. The molecule has 170 valence electrons. The zero-order valence-electron chi connectivity index (χ0n) is 18.9. The summed E-state index contributed by atoms with van der Waals surface area (Å²) >= 11 is 0. The topological polar surface area (TPSA) is 87.6 Å². The van der Waals surface area contributed by atoms with Crippen molar-refractivity contribution in [2.45, 2.75) is 24.5 Å². The standard InChI is InChI=1S/C23H31NO7/c1-26-16-10-14(11-17(27-2)21(16)30-5)23(25,20-8-7-9-24-20)15-12-18(28-3)22(31-6)19(13-15)29-4/h10-13,20,24-25H,7-9H2,1-6H3/t20-/m0/s1. The maximum absolute atomic E-state index is 12.3. The van der Waals surface area contributed by atoms with Crippen molar-refractivity contribution in [1.82, 2.24) is 5.32 Å². The fourth-order valence-electron chi connectivity index (χ4n) is 4.21. The van der Waals surface area contributed by atoms with E-state index in [0.29, 0.717) is 45.6 Å². The van der Waals surface area contributed by atoms with Gasteiger partial charge in [0.25, 0.3) is 0 Å². The van der Waals surface area contributed by atoms with Crippen molar-refractivity contribution in [3.8, 4) is 34.5 Å². The van der Waals surface area contributed by atoms with Crippen molar-refractivity contribution in [2.24, 2.45) is 0 Å². The second-order valence-corrected chi connectivity index (χ2v) is 7.24. The Kier molecular flexibility index (Phi) is 7.02. The Morgan fingerprint density at radius 2 is 1.10 bits per heavy atom. The molecule has 0 spiro atoms. The maximum atomic E-state index is 12.3. The molecule has 0 bridgehead atoms. The average molecular weight is 434 g/mol. The van der Waals surface area contributed by atoms with Gasteiger partial charge in [-0.15, -0.1) is 0 Å². The van der Waals surface area contributed by atoms with Crippen LogP contribution in [0.1, 0.15) is 24.0 Å². The number of methoxy groups -OCH3 is 6. The third kappa shape index (κ3) is 3.93. The zero-order chi connectivity index (χ0) is 22.6. The highest BCUT2D eigenvalue weighted by Crippen LogP contribution is 2.48. The van der Waals surface area contributed by atoms with Crippen LogP contribution in [0.3, 0.4) is 0 Å². The van der Waals surface area contributed by atoms with E-state index in [9.17, 15) is 5.11 Å². The van der Waals surface area contributed by atoms with Crippen LogP contribution in [-0.2, 0) is 5.60 Å². The fraction of sp³-hybridized carbons (Fsp3) is 0.478. The first-order valence-corrected chi connectivity index (χ1v) is 10.0. The minimum absolute atomic E-state index is 0.252. The number of aliphatic hydroxyl groups is 1. The summed E-state index contributed by atoms with van der Waals surface area (Å²) in [6.07, 6.45) is 1.73. The Bertz CT molecular complexity index is 795. The van der Waals surface area contributed by atoms with E-state index in [2.05, 4.69) is 5.32 Å². The van der Waals surface area contributed by atoms with E-state index in [1.165, 1.54) is 0 Å². The first-order chi connectivity index (χ1) is 15.0. The van der Waals surface area contributed by atoms with E-state index in [-0.39, 0.29) is 6.04 Å². The summed E-state index contributed by atoms with van der Waals surface area (Å²) in [5.41, 5.74) is -0.248. The Balaban J connectivity index is 2.30. The van der Waals surface area contributed by atoms with E-state index in [0.717, 1.165) is 19.4 Å². The first-order valence-electron chi connectivity index (χ1n) is 10.0. The van der Waals surface area contributed by atoms with Crippen LogP contribution in [0.4, 0.5) is 0 Å². The number of benzene rings is 2. The molecule has 2 aromatic rings. The molecule has 1 heterocycles. The lowest BCUT2D eigenvalue weighted by Crippen LogP contribution is -2.46. The van der Waals surface area contributed by atoms with Gasteiger partial charge in [-0.1, -0.05) is 0 Å². The highest BCUT2D eigenvalue weighted by atomic mass is 16.5. The predicted molar refractivity (Wildman–Crippen MR) is 116 cm³/mol. The second kappa shape index (κ2) is 9.53. The molecule has 1 atom stereocenters. The molecular formula is C23H31NO7. The van der Waals surface area contributed by atoms with Crippen molar-refractivity contribution >= 4 is 0 Å². The van der Waals surface area contributed by atoms with Gasteiger partial charge in [-0.2, -0.15) is 0 Å². The summed E-state index contributed by atoms with van der Waals surface area (Å²) < 4.78 is 33.0. The van der Waals surface area contributed by atoms with E-state index in [1.807, 2.05) is 0 Å². The Morgan fingerprint density at radius 1 is 0.710 bits per heavy atom. The second-order valence-electron chi connectivity index (χ2n) is 7.24. The van der Waals surface area contributed by atoms with Gasteiger partial charge in [0, 0.05) is 6.04 Å². The maximum Gasteiger partial charge on any atom is 0.203 e. The molecule has 2 aromatic carbocycles. The fourth-order valence-corrected chi connectivity index (χ4v) is 4.21. The van der Waals surface area contributed by atoms with Crippen molar-refractivity contribution in [2.75, 3.05) is 49.2 Å². The predicted octanol–water partition coefficient (Wildman–Crippen LogP) is 2.73. The number of nitrogens with one attached hydrogen (secondary N) is 1. The molecule has 0 aromatic heterocycles. The molecule has 0 saturated carbocycles. The molecule has 31 heavy (non-hydrogen) atoms. The Hall–Kier alpha value is -2.84. The summed E-state index contributed by atoms with van der Waals surface area (Å²) in [6.45, 7) is 0.807. The van der Waals surface area contributed by atoms with E-state index < -0.39 is 5.60 Å². The summed E-state index contributed by atoms with van der Waals surface area (Å²) in [5, 5.41) is 15.7. The SMILES string of the molecule is COc1cc(C(O)(c2cc(OC)c(OC)c(OC)c2)[C@@H]2CCCN2)cc(OC)c1OC. The van der Waals surface area contributed by atoms with Crippen molar-refractivity contribution in [3.05, 3.63) is 35.4 Å². The van der Waals surface area contributed by atoms with Crippen LogP contribution in [-0.4, -0.2) is 60.4 Å². The third-order valence-corrected chi connectivity index (χ3v) is 5.77. The third-order valence-electron chi connectivity index (χ3n) is 5.77. The summed E-state index contributed by atoms with van der Waals surface area (Å²) in [4.78, 5) is 0. The monoisotopic (exact) mass is 433 g/mol. The minimum Gasteiger partial charge on any atom is -0.493 e. The van der Waals surface area contributed by atoms with Crippen molar-refractivity contribution < 1.29 is 33.5 Å². The molecule has 0 radical (unpaired) electrons. The largest absolute Gasteiger partial charge is 0.493 e. The molecular weight excluding hydrogens is 402 g/mol. The minimum atomic E-state index is -1.43. The van der Waals surface area contributed by atoms with Gasteiger partial charge in [0.1, 0.15) is 5.60 Å². The quantitative estimate of drug-likeness (QED) is 0.624. The molecule has 3 rings (SSSR count).